The van der Waals surface area contributed by atoms with E-state index in [0.29, 0.717) is 13.2 Å². The van der Waals surface area contributed by atoms with E-state index in [4.69, 9.17) is 21.1 Å². The lowest BCUT2D eigenvalue weighted by Gasteiger charge is -2.39. The highest BCUT2D eigenvalue weighted by Crippen LogP contribution is 2.45. The summed E-state index contributed by atoms with van der Waals surface area (Å²) in [4.78, 5) is 7.19. The molecule has 2 unspecified atom stereocenters. The largest absolute Gasteiger partial charge is 0.508 e. The van der Waals surface area contributed by atoms with Gasteiger partial charge in [-0.25, -0.2) is 0 Å². The van der Waals surface area contributed by atoms with Crippen molar-refractivity contribution in [2.45, 2.75) is 37.5 Å². The predicted octanol–water partition coefficient (Wildman–Crippen LogP) is 5.36. The van der Waals surface area contributed by atoms with E-state index in [2.05, 4.69) is 28.1 Å². The molecule has 4 aliphatic heterocycles. The number of benzene rings is 2. The van der Waals surface area contributed by atoms with Crippen molar-refractivity contribution in [2.75, 3.05) is 26.2 Å². The molecule has 0 amide bonds. The Morgan fingerprint density at radius 2 is 2.06 bits per heavy atom. The molecule has 0 aliphatic carbocycles. The number of likely N-dealkylation sites (tertiary alicyclic amines) is 1. The molecule has 6 rings (SSSR count). The number of fused-ring (bicyclic) bond motifs is 4. The van der Waals surface area contributed by atoms with Crippen LogP contribution in [0.1, 0.15) is 36.0 Å². The Balaban J connectivity index is 1.16. The third kappa shape index (κ3) is 3.96. The van der Waals surface area contributed by atoms with E-state index in [0.717, 1.165) is 55.2 Å². The lowest BCUT2D eigenvalue weighted by atomic mass is 9.83. The van der Waals surface area contributed by atoms with Crippen molar-refractivity contribution in [3.63, 3.8) is 0 Å². The Bertz CT molecular complexity index is 1180. The molecule has 0 saturated carbocycles. The summed E-state index contributed by atoms with van der Waals surface area (Å²) in [6.45, 7) is 4.23. The number of hydrogen-bond donors (Lipinski definition) is 1. The Hall–Kier alpha value is -2.60. The number of phenols is 1. The summed E-state index contributed by atoms with van der Waals surface area (Å²) in [6.07, 6.45) is 11.3. The number of piperidine rings is 1. The zero-order chi connectivity index (χ0) is 23.1. The summed E-state index contributed by atoms with van der Waals surface area (Å²) in [5.74, 6) is 1.24. The normalized spacial score (nSPS) is 26.1. The third-order valence-electron chi connectivity index (χ3n) is 7.67. The highest BCUT2D eigenvalue weighted by atomic mass is 35.5. The summed E-state index contributed by atoms with van der Waals surface area (Å²) in [7, 11) is 0. The summed E-state index contributed by atoms with van der Waals surface area (Å²) in [5, 5.41) is 10.9. The van der Waals surface area contributed by atoms with Gasteiger partial charge in [0, 0.05) is 42.4 Å². The molecule has 0 radical (unpaired) electrons. The van der Waals surface area contributed by atoms with E-state index in [9.17, 15) is 5.11 Å². The Labute approximate surface area is 205 Å². The lowest BCUT2D eigenvalue weighted by molar-refractivity contribution is -0.0785. The van der Waals surface area contributed by atoms with E-state index < -0.39 is 0 Å². The highest BCUT2D eigenvalue weighted by molar-refractivity contribution is 6.30. The van der Waals surface area contributed by atoms with Crippen molar-refractivity contribution < 1.29 is 14.6 Å². The van der Waals surface area contributed by atoms with Gasteiger partial charge >= 0.3 is 0 Å². The smallest absolute Gasteiger partial charge is 0.127 e. The molecule has 176 valence electrons. The number of ether oxygens (including phenoxy) is 2. The fourth-order valence-electron chi connectivity index (χ4n) is 5.85. The Morgan fingerprint density at radius 1 is 1.18 bits per heavy atom. The van der Waals surface area contributed by atoms with Crippen LogP contribution in [0.4, 0.5) is 0 Å². The van der Waals surface area contributed by atoms with E-state index >= 15 is 0 Å². The first-order valence-corrected chi connectivity index (χ1v) is 12.5. The molecule has 1 N–H and O–H groups in total. The van der Waals surface area contributed by atoms with Crippen LogP contribution in [0.3, 0.4) is 0 Å². The maximum absolute atomic E-state index is 10.2. The fourth-order valence-corrected chi connectivity index (χ4v) is 6.05. The first kappa shape index (κ1) is 21.9. The fraction of sp³-hybridized carbons (Fsp3) is 0.393. The van der Waals surface area contributed by atoms with E-state index in [1.54, 1.807) is 6.07 Å². The van der Waals surface area contributed by atoms with Gasteiger partial charge in [-0.3, -0.25) is 4.99 Å². The van der Waals surface area contributed by atoms with Gasteiger partial charge in [0.15, 0.2) is 0 Å². The number of dihydropyridines is 1. The standard InChI is InChI=1S/C28H29ClN2O3/c29-20-5-7-25-19(15-20)17-34-28(25)9-13-31(14-10-28)12-2-4-22-23-3-1-11-30-26(23)18-33-27-8-6-21(32)16-24(22)27/h1,3-8,11,15-16,23,26,32H,2,9-10,12-14,17-18H2. The van der Waals surface area contributed by atoms with Gasteiger partial charge in [-0.15, -0.1) is 0 Å². The van der Waals surface area contributed by atoms with E-state index in [-0.39, 0.29) is 23.3 Å². The monoisotopic (exact) mass is 476 g/mol. The molecule has 5 nitrogen and oxygen atoms in total. The minimum Gasteiger partial charge on any atom is -0.508 e. The minimum absolute atomic E-state index is 0.0636. The maximum Gasteiger partial charge on any atom is 0.127 e. The molecule has 2 aromatic rings. The van der Waals surface area contributed by atoms with Gasteiger partial charge in [-0.05, 0) is 72.4 Å². The van der Waals surface area contributed by atoms with Crippen LogP contribution in [-0.4, -0.2) is 48.5 Å². The summed E-state index contributed by atoms with van der Waals surface area (Å²) in [6, 6.07) is 11.6. The number of aliphatic imine (C=N–C) groups is 1. The van der Waals surface area contributed by atoms with Crippen molar-refractivity contribution in [3.8, 4) is 11.5 Å². The van der Waals surface area contributed by atoms with Crippen molar-refractivity contribution in [2.24, 2.45) is 10.9 Å². The first-order valence-electron chi connectivity index (χ1n) is 12.1. The summed E-state index contributed by atoms with van der Waals surface area (Å²) in [5.41, 5.74) is 4.58. The average molecular weight is 477 g/mol. The number of phenolic OH excluding ortho intramolecular Hbond substituents is 1. The van der Waals surface area contributed by atoms with Crippen LogP contribution in [0.25, 0.3) is 5.57 Å². The Morgan fingerprint density at radius 3 is 2.94 bits per heavy atom. The number of aromatic hydroxyl groups is 1. The topological polar surface area (TPSA) is 54.3 Å². The molecule has 2 aromatic carbocycles. The van der Waals surface area contributed by atoms with Gasteiger partial charge in [0.25, 0.3) is 0 Å². The molecular formula is C28H29ClN2O3. The number of nitrogens with zero attached hydrogens (tertiary/aromatic N) is 2. The molecule has 1 spiro atoms. The zero-order valence-electron chi connectivity index (χ0n) is 19.1. The van der Waals surface area contributed by atoms with E-state index in [1.807, 2.05) is 36.6 Å². The van der Waals surface area contributed by atoms with Crippen LogP contribution < -0.4 is 4.74 Å². The summed E-state index contributed by atoms with van der Waals surface area (Å²) >= 11 is 6.19. The highest BCUT2D eigenvalue weighted by Gasteiger charge is 2.42. The maximum atomic E-state index is 10.2. The minimum atomic E-state index is -0.151. The second-order valence-electron chi connectivity index (χ2n) is 9.64. The molecule has 1 saturated heterocycles. The third-order valence-corrected chi connectivity index (χ3v) is 7.91. The van der Waals surface area contributed by atoms with Gasteiger partial charge in [0.1, 0.15) is 18.1 Å². The molecule has 0 aromatic heterocycles. The molecule has 0 bridgehead atoms. The van der Waals surface area contributed by atoms with Crippen molar-refractivity contribution >= 4 is 23.4 Å². The lowest BCUT2D eigenvalue weighted by Crippen LogP contribution is -2.42. The van der Waals surface area contributed by atoms with Crippen LogP contribution in [0.15, 0.2) is 59.6 Å². The molecular weight excluding hydrogens is 448 g/mol. The second kappa shape index (κ2) is 8.88. The molecule has 6 heteroatoms. The first-order chi connectivity index (χ1) is 16.6. The Kier molecular flexibility index (Phi) is 5.72. The second-order valence-corrected chi connectivity index (χ2v) is 10.1. The van der Waals surface area contributed by atoms with Crippen LogP contribution >= 0.6 is 11.6 Å². The van der Waals surface area contributed by atoms with Gasteiger partial charge in [0.2, 0.25) is 0 Å². The predicted molar refractivity (Wildman–Crippen MR) is 135 cm³/mol. The molecule has 4 heterocycles. The van der Waals surface area contributed by atoms with Gasteiger partial charge in [-0.2, -0.15) is 0 Å². The molecule has 2 atom stereocenters. The van der Waals surface area contributed by atoms with Crippen LogP contribution in [-0.2, 0) is 16.9 Å². The van der Waals surface area contributed by atoms with Gasteiger partial charge < -0.3 is 19.5 Å². The van der Waals surface area contributed by atoms with Gasteiger partial charge in [-0.1, -0.05) is 29.8 Å². The van der Waals surface area contributed by atoms with Crippen molar-refractivity contribution in [1.82, 2.24) is 4.90 Å². The number of halogens is 1. The van der Waals surface area contributed by atoms with Gasteiger partial charge in [0.05, 0.1) is 18.2 Å². The molecule has 34 heavy (non-hydrogen) atoms. The van der Waals surface area contributed by atoms with Crippen LogP contribution in [0, 0.1) is 5.92 Å². The van der Waals surface area contributed by atoms with Crippen molar-refractivity contribution in [3.05, 3.63) is 76.3 Å². The van der Waals surface area contributed by atoms with Crippen molar-refractivity contribution in [1.29, 1.82) is 0 Å². The quantitative estimate of drug-likeness (QED) is 0.648. The van der Waals surface area contributed by atoms with E-state index in [1.165, 1.54) is 16.7 Å². The SMILES string of the molecule is Oc1ccc2c(c1)C(=CCCN1CCC3(CC1)OCc1cc(Cl)ccc13)C1C=CC=NC1CO2. The number of hydrogen-bond acceptors (Lipinski definition) is 5. The van der Waals surface area contributed by atoms with Crippen LogP contribution in [0.5, 0.6) is 11.5 Å². The number of allylic oxidation sites excluding steroid dienone is 1. The molecule has 1 fully saturated rings. The number of rotatable bonds is 3. The van der Waals surface area contributed by atoms with Crippen LogP contribution in [0.2, 0.25) is 5.02 Å². The summed E-state index contributed by atoms with van der Waals surface area (Å²) < 4.78 is 12.4. The average Bonchev–Trinajstić information content (AvgIpc) is 3.11. The zero-order valence-corrected chi connectivity index (χ0v) is 19.9. The molecule has 4 aliphatic rings.